The fourth-order valence-electron chi connectivity index (χ4n) is 2.60. The molecule has 2 heterocycles. The van der Waals surface area contributed by atoms with Crippen LogP contribution in [0.4, 0.5) is 4.39 Å². The number of hydrogen-bond donors (Lipinski definition) is 2. The number of allylic oxidation sites excluding steroid dienone is 2. The van der Waals surface area contributed by atoms with Crippen molar-refractivity contribution in [1.82, 2.24) is 4.57 Å². The number of nitrogens with one attached hydrogen (secondary N) is 2. The molecule has 2 aromatic rings. The molecule has 0 atom stereocenters. The van der Waals surface area contributed by atoms with E-state index < -0.39 is 0 Å². The van der Waals surface area contributed by atoms with Gasteiger partial charge in [-0.2, -0.15) is 0 Å². The number of nitrogens with zero attached hydrogens (tertiary/aromatic N) is 1. The molecule has 3 nitrogen and oxygen atoms in total. The predicted molar refractivity (Wildman–Crippen MR) is 75.6 cm³/mol. The standard InChI is InChI=1S/C15H14FN3/c1-9(17)7-11-13(18)5-6-19-14-4-2-3-12(16)10(14)8-15(11)19/h2-4,7-8,17-18H,5-6H2,1H3/b11-7+,17-9?,18-13?. The molecule has 1 aromatic carbocycles. The summed E-state index contributed by atoms with van der Waals surface area (Å²) in [6.45, 7) is 2.37. The molecule has 19 heavy (non-hydrogen) atoms. The van der Waals surface area contributed by atoms with E-state index in [1.165, 1.54) is 6.07 Å². The van der Waals surface area contributed by atoms with E-state index in [0.29, 0.717) is 29.8 Å². The molecule has 4 heteroatoms. The van der Waals surface area contributed by atoms with Crippen LogP contribution in [0, 0.1) is 16.6 Å². The Morgan fingerprint density at radius 2 is 2.21 bits per heavy atom. The molecule has 0 radical (unpaired) electrons. The van der Waals surface area contributed by atoms with Crippen LogP contribution in [0.25, 0.3) is 16.5 Å². The van der Waals surface area contributed by atoms with Crippen molar-refractivity contribution < 1.29 is 4.39 Å². The van der Waals surface area contributed by atoms with Gasteiger partial charge < -0.3 is 15.4 Å². The predicted octanol–water partition coefficient (Wildman–Crippen LogP) is 3.63. The lowest BCUT2D eigenvalue weighted by Crippen LogP contribution is -2.17. The van der Waals surface area contributed by atoms with Crippen LogP contribution in [0.3, 0.4) is 0 Å². The van der Waals surface area contributed by atoms with Gasteiger partial charge in [-0.1, -0.05) is 6.07 Å². The highest BCUT2D eigenvalue weighted by molar-refractivity contribution is 6.27. The van der Waals surface area contributed by atoms with Crippen molar-refractivity contribution in [2.24, 2.45) is 0 Å². The Bertz CT molecular complexity index is 737. The van der Waals surface area contributed by atoms with Crippen LogP contribution in [-0.4, -0.2) is 16.0 Å². The summed E-state index contributed by atoms with van der Waals surface area (Å²) in [6.07, 6.45) is 2.30. The second kappa shape index (κ2) is 4.16. The summed E-state index contributed by atoms with van der Waals surface area (Å²) in [5.41, 5.74) is 3.34. The van der Waals surface area contributed by atoms with Crippen LogP contribution in [0.5, 0.6) is 0 Å². The van der Waals surface area contributed by atoms with Gasteiger partial charge in [0.2, 0.25) is 0 Å². The van der Waals surface area contributed by atoms with E-state index in [0.717, 1.165) is 16.8 Å². The van der Waals surface area contributed by atoms with Gasteiger partial charge in [-0.3, -0.25) is 0 Å². The van der Waals surface area contributed by atoms with Crippen LogP contribution >= 0.6 is 0 Å². The third-order valence-corrected chi connectivity index (χ3v) is 3.44. The van der Waals surface area contributed by atoms with Gasteiger partial charge in [-0.15, -0.1) is 0 Å². The van der Waals surface area contributed by atoms with Gasteiger partial charge in [-0.25, -0.2) is 4.39 Å². The average molecular weight is 255 g/mol. The van der Waals surface area contributed by atoms with E-state index >= 15 is 0 Å². The Hall–Kier alpha value is -2.23. The summed E-state index contributed by atoms with van der Waals surface area (Å²) in [4.78, 5) is 0. The minimum Gasteiger partial charge on any atom is -0.340 e. The maximum Gasteiger partial charge on any atom is 0.132 e. The number of aromatic nitrogens is 1. The van der Waals surface area contributed by atoms with Gasteiger partial charge in [0.05, 0.1) is 11.2 Å². The van der Waals surface area contributed by atoms with Crippen LogP contribution in [-0.2, 0) is 6.54 Å². The molecule has 0 saturated carbocycles. The van der Waals surface area contributed by atoms with Crippen molar-refractivity contribution in [3.8, 4) is 0 Å². The lowest BCUT2D eigenvalue weighted by atomic mass is 9.99. The first-order valence-corrected chi connectivity index (χ1v) is 6.20. The van der Waals surface area contributed by atoms with E-state index in [4.69, 9.17) is 10.8 Å². The molecule has 3 rings (SSSR count). The third-order valence-electron chi connectivity index (χ3n) is 3.44. The Labute approximate surface area is 110 Å². The number of hydrogen-bond acceptors (Lipinski definition) is 2. The van der Waals surface area contributed by atoms with Crippen LogP contribution in [0.1, 0.15) is 19.0 Å². The highest BCUT2D eigenvalue weighted by atomic mass is 19.1. The number of rotatable bonds is 1. The maximum atomic E-state index is 13.8. The zero-order valence-electron chi connectivity index (χ0n) is 10.6. The normalized spacial score (nSPS) is 16.9. The van der Waals surface area contributed by atoms with E-state index in [1.54, 1.807) is 25.1 Å². The monoisotopic (exact) mass is 255 g/mol. The van der Waals surface area contributed by atoms with E-state index in [1.807, 2.05) is 10.6 Å². The first-order chi connectivity index (χ1) is 9.08. The molecule has 0 amide bonds. The quantitative estimate of drug-likeness (QED) is 0.731. The molecule has 0 spiro atoms. The average Bonchev–Trinajstić information content (AvgIpc) is 2.73. The molecule has 0 bridgehead atoms. The van der Waals surface area contributed by atoms with Gasteiger partial charge >= 0.3 is 0 Å². The minimum atomic E-state index is -0.239. The van der Waals surface area contributed by atoms with Crippen LogP contribution < -0.4 is 0 Å². The highest BCUT2D eigenvalue weighted by Gasteiger charge is 2.22. The van der Waals surface area contributed by atoms with E-state index in [2.05, 4.69) is 0 Å². The Balaban J connectivity index is 2.32. The zero-order chi connectivity index (χ0) is 13.6. The van der Waals surface area contributed by atoms with Crippen molar-refractivity contribution >= 4 is 27.9 Å². The van der Waals surface area contributed by atoms with Crippen LogP contribution in [0.2, 0.25) is 0 Å². The van der Waals surface area contributed by atoms with Gasteiger partial charge in [0.15, 0.2) is 0 Å². The molecule has 1 aliphatic heterocycles. The van der Waals surface area contributed by atoms with Crippen molar-refractivity contribution in [3.63, 3.8) is 0 Å². The second-order valence-electron chi connectivity index (χ2n) is 4.82. The fraction of sp³-hybridized carbons (Fsp3) is 0.200. The maximum absolute atomic E-state index is 13.8. The molecule has 0 aliphatic carbocycles. The Morgan fingerprint density at radius 1 is 1.42 bits per heavy atom. The first kappa shape index (κ1) is 11.8. The summed E-state index contributed by atoms with van der Waals surface area (Å²) in [5, 5.41) is 16.2. The Kier molecular flexibility index (Phi) is 2.59. The fourth-order valence-corrected chi connectivity index (χ4v) is 2.60. The summed E-state index contributed by atoms with van der Waals surface area (Å²) < 4.78 is 15.9. The molecule has 1 aliphatic rings. The van der Waals surface area contributed by atoms with Crippen molar-refractivity contribution in [2.75, 3.05) is 0 Å². The van der Waals surface area contributed by atoms with Gasteiger partial charge in [0, 0.05) is 35.3 Å². The lowest BCUT2D eigenvalue weighted by molar-refractivity contribution is 0.639. The molecule has 2 N–H and O–H groups in total. The number of benzene rings is 1. The van der Waals surface area contributed by atoms with Gasteiger partial charge in [0.1, 0.15) is 5.82 Å². The molecule has 1 aromatic heterocycles. The number of fused-ring (bicyclic) bond motifs is 3. The topological polar surface area (TPSA) is 52.6 Å². The molecule has 0 fully saturated rings. The molecule has 0 saturated heterocycles. The van der Waals surface area contributed by atoms with Gasteiger partial charge in [-0.05, 0) is 31.2 Å². The smallest absolute Gasteiger partial charge is 0.132 e. The third kappa shape index (κ3) is 1.80. The number of aryl methyl sites for hydroxylation is 1. The molecular formula is C15H14FN3. The van der Waals surface area contributed by atoms with E-state index in [9.17, 15) is 4.39 Å². The largest absolute Gasteiger partial charge is 0.340 e. The molecule has 0 unspecified atom stereocenters. The Morgan fingerprint density at radius 3 is 2.95 bits per heavy atom. The SMILES string of the molecule is CC(=N)/C=C1\C(=N)CCn2c1cc1c(F)cccc12. The van der Waals surface area contributed by atoms with Crippen molar-refractivity contribution in [3.05, 3.63) is 41.9 Å². The summed E-state index contributed by atoms with van der Waals surface area (Å²) in [7, 11) is 0. The van der Waals surface area contributed by atoms with E-state index in [-0.39, 0.29) is 5.82 Å². The lowest BCUT2D eigenvalue weighted by Gasteiger charge is -2.20. The van der Waals surface area contributed by atoms with Crippen molar-refractivity contribution in [2.45, 2.75) is 19.9 Å². The molecular weight excluding hydrogens is 241 g/mol. The van der Waals surface area contributed by atoms with Gasteiger partial charge in [0.25, 0.3) is 0 Å². The zero-order valence-corrected chi connectivity index (χ0v) is 10.6. The van der Waals surface area contributed by atoms with Crippen molar-refractivity contribution in [1.29, 1.82) is 10.8 Å². The first-order valence-electron chi connectivity index (χ1n) is 6.20. The second-order valence-corrected chi connectivity index (χ2v) is 4.82. The summed E-state index contributed by atoms with van der Waals surface area (Å²) in [6, 6.07) is 6.83. The summed E-state index contributed by atoms with van der Waals surface area (Å²) in [5.74, 6) is -0.239. The highest BCUT2D eigenvalue weighted by Crippen LogP contribution is 2.31. The summed E-state index contributed by atoms with van der Waals surface area (Å²) >= 11 is 0. The minimum absolute atomic E-state index is 0.239. The molecule has 96 valence electrons. The van der Waals surface area contributed by atoms with Crippen LogP contribution in [0.15, 0.2) is 30.3 Å². The number of halogens is 1.